The first-order chi connectivity index (χ1) is 9.46. The van der Waals surface area contributed by atoms with Crippen LogP contribution in [-0.4, -0.2) is 39.9 Å². The van der Waals surface area contributed by atoms with E-state index < -0.39 is 17.8 Å². The molecule has 0 spiro atoms. The average Bonchev–Trinajstić information content (AvgIpc) is 2.92. The van der Waals surface area contributed by atoms with Gasteiger partial charge in [0.15, 0.2) is 5.72 Å². The minimum atomic E-state index is -1.35. The zero-order valence-electron chi connectivity index (χ0n) is 10.8. The van der Waals surface area contributed by atoms with Crippen molar-refractivity contribution in [3.05, 3.63) is 22.4 Å². The van der Waals surface area contributed by atoms with Gasteiger partial charge < -0.3 is 25.6 Å². The molecule has 4 atom stereocenters. The maximum atomic E-state index is 11.4. The van der Waals surface area contributed by atoms with Gasteiger partial charge in [-0.2, -0.15) is 0 Å². The van der Waals surface area contributed by atoms with Gasteiger partial charge in [0.05, 0.1) is 16.7 Å². The van der Waals surface area contributed by atoms with Crippen LogP contribution >= 0.6 is 15.9 Å². The molecule has 1 saturated carbocycles. The van der Waals surface area contributed by atoms with Crippen molar-refractivity contribution in [2.75, 3.05) is 0 Å². The highest BCUT2D eigenvalue weighted by molar-refractivity contribution is 9.10. The van der Waals surface area contributed by atoms with Crippen molar-refractivity contribution in [2.45, 2.75) is 37.2 Å². The highest BCUT2D eigenvalue weighted by atomic mass is 79.9. The second-order valence-electron chi connectivity index (χ2n) is 5.25. The molecular formula is C12H15BrN4O3. The number of aromatic nitrogens is 1. The molecule has 7 nitrogen and oxygen atoms in total. The fourth-order valence-corrected chi connectivity index (χ4v) is 3.95. The van der Waals surface area contributed by atoms with Crippen LogP contribution in [0.25, 0.3) is 0 Å². The van der Waals surface area contributed by atoms with Gasteiger partial charge >= 0.3 is 6.03 Å². The van der Waals surface area contributed by atoms with Gasteiger partial charge in [-0.25, -0.2) is 4.79 Å². The number of carbonyl (C=O) groups is 2. The van der Waals surface area contributed by atoms with Crippen LogP contribution in [0.15, 0.2) is 16.7 Å². The molecule has 2 fully saturated rings. The molecule has 20 heavy (non-hydrogen) atoms. The van der Waals surface area contributed by atoms with E-state index in [1.807, 2.05) is 23.6 Å². The van der Waals surface area contributed by atoms with Crippen molar-refractivity contribution in [3.63, 3.8) is 0 Å². The maximum absolute atomic E-state index is 11.4. The SMILES string of the molecule is Cc1ccc(Br)n1C1C[C@@]2(O)NC(=O)N[C@H]2C1NC=O. The van der Waals surface area contributed by atoms with E-state index in [0.29, 0.717) is 12.8 Å². The Kier molecular flexibility index (Phi) is 3.02. The smallest absolute Gasteiger partial charge is 0.317 e. The van der Waals surface area contributed by atoms with E-state index in [9.17, 15) is 14.7 Å². The second kappa shape index (κ2) is 4.49. The Balaban J connectivity index is 2.00. The predicted octanol–water partition coefficient (Wildman–Crippen LogP) is -0.0116. The summed E-state index contributed by atoms with van der Waals surface area (Å²) in [5.74, 6) is 0. The van der Waals surface area contributed by atoms with Crippen LogP contribution in [-0.2, 0) is 4.79 Å². The van der Waals surface area contributed by atoms with Crippen molar-refractivity contribution >= 4 is 28.4 Å². The number of fused-ring (bicyclic) bond motifs is 1. The molecule has 8 heteroatoms. The first kappa shape index (κ1) is 13.4. The Morgan fingerprint density at radius 1 is 1.60 bits per heavy atom. The summed E-state index contributed by atoms with van der Waals surface area (Å²) in [5.41, 5.74) is -0.340. The van der Waals surface area contributed by atoms with Crippen molar-refractivity contribution in [1.29, 1.82) is 0 Å². The highest BCUT2D eigenvalue weighted by Crippen LogP contribution is 2.41. The van der Waals surface area contributed by atoms with Crippen LogP contribution in [0.4, 0.5) is 4.79 Å². The molecular weight excluding hydrogens is 328 g/mol. The van der Waals surface area contributed by atoms with E-state index >= 15 is 0 Å². The third-order valence-electron chi connectivity index (χ3n) is 4.09. The summed E-state index contributed by atoms with van der Waals surface area (Å²) in [4.78, 5) is 22.3. The number of halogens is 1. The molecule has 2 unspecified atom stereocenters. The number of nitrogens with zero attached hydrogens (tertiary/aromatic N) is 1. The quantitative estimate of drug-likeness (QED) is 0.582. The Labute approximate surface area is 123 Å². The van der Waals surface area contributed by atoms with Gasteiger partial charge in [-0.1, -0.05) is 0 Å². The molecule has 4 N–H and O–H groups in total. The largest absolute Gasteiger partial charge is 0.369 e. The summed E-state index contributed by atoms with van der Waals surface area (Å²) in [6, 6.07) is 2.34. The van der Waals surface area contributed by atoms with Crippen molar-refractivity contribution in [3.8, 4) is 0 Å². The molecule has 3 rings (SSSR count). The molecule has 1 aliphatic carbocycles. The van der Waals surface area contributed by atoms with E-state index in [2.05, 4.69) is 31.9 Å². The minimum absolute atomic E-state index is 0.160. The van der Waals surface area contributed by atoms with Crippen molar-refractivity contribution in [1.82, 2.24) is 20.5 Å². The van der Waals surface area contributed by atoms with Gasteiger partial charge in [0.25, 0.3) is 0 Å². The number of amides is 3. The highest BCUT2D eigenvalue weighted by Gasteiger charge is 2.59. The van der Waals surface area contributed by atoms with Crippen LogP contribution in [0, 0.1) is 6.92 Å². The molecule has 0 radical (unpaired) electrons. The lowest BCUT2D eigenvalue weighted by Gasteiger charge is -2.26. The van der Waals surface area contributed by atoms with Gasteiger partial charge in [-0.15, -0.1) is 0 Å². The topological polar surface area (TPSA) is 95.4 Å². The zero-order valence-corrected chi connectivity index (χ0v) is 12.3. The van der Waals surface area contributed by atoms with E-state index in [1.54, 1.807) is 0 Å². The summed E-state index contributed by atoms with van der Waals surface area (Å²) in [5, 5.41) is 18.5. The number of hydrogen-bond acceptors (Lipinski definition) is 3. The van der Waals surface area contributed by atoms with E-state index in [-0.39, 0.29) is 12.1 Å². The fourth-order valence-electron chi connectivity index (χ4n) is 3.28. The van der Waals surface area contributed by atoms with Crippen molar-refractivity contribution < 1.29 is 14.7 Å². The molecule has 3 amide bonds. The standard InChI is InChI=1S/C12H15BrN4O3/c1-6-2-3-8(13)17(6)7-4-12(20)10(9(7)14-5-18)15-11(19)16-12/h2-3,5,7,9-10,20H,4H2,1H3,(H,14,18)(H2,15,16,19)/t7?,9?,10-,12-/m0/s1. The van der Waals surface area contributed by atoms with Gasteiger partial charge in [0.2, 0.25) is 6.41 Å². The van der Waals surface area contributed by atoms with E-state index in [0.717, 1.165) is 10.3 Å². The predicted molar refractivity (Wildman–Crippen MR) is 73.9 cm³/mol. The Bertz CT molecular complexity index is 556. The minimum Gasteiger partial charge on any atom is -0.369 e. The number of nitrogens with one attached hydrogen (secondary N) is 3. The van der Waals surface area contributed by atoms with Crippen LogP contribution < -0.4 is 16.0 Å². The number of aryl methyl sites for hydroxylation is 1. The van der Waals surface area contributed by atoms with Crippen LogP contribution in [0.2, 0.25) is 0 Å². The lowest BCUT2D eigenvalue weighted by Crippen LogP contribution is -2.52. The number of hydrogen-bond donors (Lipinski definition) is 4. The average molecular weight is 343 g/mol. The molecule has 0 bridgehead atoms. The van der Waals surface area contributed by atoms with Gasteiger partial charge in [-0.3, -0.25) is 4.79 Å². The molecule has 1 aromatic rings. The number of aliphatic hydroxyl groups is 1. The molecule has 1 saturated heterocycles. The summed E-state index contributed by atoms with van der Waals surface area (Å²) >= 11 is 3.47. The summed E-state index contributed by atoms with van der Waals surface area (Å²) in [7, 11) is 0. The van der Waals surface area contributed by atoms with E-state index in [1.165, 1.54) is 0 Å². The summed E-state index contributed by atoms with van der Waals surface area (Å²) in [6.07, 6.45) is 0.913. The molecule has 1 aliphatic heterocycles. The number of urea groups is 1. The lowest BCUT2D eigenvalue weighted by molar-refractivity contribution is -0.110. The maximum Gasteiger partial charge on any atom is 0.317 e. The van der Waals surface area contributed by atoms with Crippen LogP contribution in [0.1, 0.15) is 18.2 Å². The Morgan fingerprint density at radius 3 is 2.95 bits per heavy atom. The van der Waals surface area contributed by atoms with Crippen LogP contribution in [0.5, 0.6) is 0 Å². The van der Waals surface area contributed by atoms with E-state index in [4.69, 9.17) is 0 Å². The normalized spacial score (nSPS) is 35.4. The molecule has 1 aromatic heterocycles. The summed E-state index contributed by atoms with van der Waals surface area (Å²) < 4.78 is 2.87. The van der Waals surface area contributed by atoms with Gasteiger partial charge in [0.1, 0.15) is 6.04 Å². The molecule has 2 heterocycles. The monoisotopic (exact) mass is 342 g/mol. The van der Waals surface area contributed by atoms with Crippen molar-refractivity contribution in [2.24, 2.45) is 0 Å². The van der Waals surface area contributed by atoms with Gasteiger partial charge in [0, 0.05) is 12.1 Å². The van der Waals surface area contributed by atoms with Gasteiger partial charge in [-0.05, 0) is 35.0 Å². The Hall–Kier alpha value is -1.54. The zero-order chi connectivity index (χ0) is 14.5. The molecule has 0 aromatic carbocycles. The molecule has 108 valence electrons. The second-order valence-corrected chi connectivity index (χ2v) is 6.06. The third kappa shape index (κ3) is 1.82. The lowest BCUT2D eigenvalue weighted by atomic mass is 10.1. The van der Waals surface area contributed by atoms with Crippen LogP contribution in [0.3, 0.4) is 0 Å². The third-order valence-corrected chi connectivity index (χ3v) is 4.74. The fraction of sp³-hybridized carbons (Fsp3) is 0.500. The number of rotatable bonds is 3. The first-order valence-corrected chi connectivity index (χ1v) is 7.09. The number of carbonyl (C=O) groups excluding carboxylic acids is 2. The summed E-state index contributed by atoms with van der Waals surface area (Å²) in [6.45, 7) is 1.95. The Morgan fingerprint density at radius 2 is 2.35 bits per heavy atom. The molecule has 2 aliphatic rings. The first-order valence-electron chi connectivity index (χ1n) is 6.30.